The van der Waals surface area contributed by atoms with Gasteiger partial charge in [-0.1, -0.05) is 44.2 Å². The number of amidine groups is 1. The number of hydrogen-bond acceptors (Lipinski definition) is 4. The summed E-state index contributed by atoms with van der Waals surface area (Å²) in [6.45, 7) is 5.90. The molecule has 0 aromatic heterocycles. The van der Waals surface area contributed by atoms with Gasteiger partial charge < -0.3 is 5.32 Å². The van der Waals surface area contributed by atoms with Crippen molar-refractivity contribution in [1.29, 1.82) is 0 Å². The second-order valence-corrected chi connectivity index (χ2v) is 8.16. The zero-order chi connectivity index (χ0) is 18.9. The summed E-state index contributed by atoms with van der Waals surface area (Å²) in [6, 6.07) is 12.5. The average molecular weight is 371 g/mol. The maximum absolute atomic E-state index is 12.4. The highest BCUT2D eigenvalue weighted by Crippen LogP contribution is 2.27. The first kappa shape index (κ1) is 18.1. The average Bonchev–Trinajstić information content (AvgIpc) is 2.86. The molecule has 0 bridgehead atoms. The minimum atomic E-state index is -3.60. The molecule has 0 saturated heterocycles. The van der Waals surface area contributed by atoms with Crippen molar-refractivity contribution in [1.82, 2.24) is 4.72 Å². The van der Waals surface area contributed by atoms with Crippen molar-refractivity contribution in [2.45, 2.75) is 31.6 Å². The van der Waals surface area contributed by atoms with Crippen LogP contribution in [0.25, 0.3) is 0 Å². The Balaban J connectivity index is 1.80. The standard InChI is InChI=1S/C19H21N3O3S/c1-12(2)14-9-6-7-13(3)18(14)21-17(23)11-20-19-15-8-4-5-10-16(15)26(24,25)22-19/h4-10,12H,11H2,1-3H3,(H,20,22)(H,21,23). The first-order valence-corrected chi connectivity index (χ1v) is 9.84. The summed E-state index contributed by atoms with van der Waals surface area (Å²) in [5.74, 6) is 0.173. The van der Waals surface area contributed by atoms with Crippen molar-refractivity contribution in [2.75, 3.05) is 11.9 Å². The molecule has 3 rings (SSSR count). The third-order valence-electron chi connectivity index (χ3n) is 4.23. The van der Waals surface area contributed by atoms with Crippen molar-refractivity contribution in [3.63, 3.8) is 0 Å². The molecule has 0 atom stereocenters. The lowest BCUT2D eigenvalue weighted by atomic mass is 9.98. The number of benzene rings is 2. The van der Waals surface area contributed by atoms with Crippen molar-refractivity contribution < 1.29 is 13.2 Å². The van der Waals surface area contributed by atoms with Gasteiger partial charge in [-0.05, 0) is 36.1 Å². The quantitative estimate of drug-likeness (QED) is 0.866. The van der Waals surface area contributed by atoms with Gasteiger partial charge in [0.05, 0.1) is 4.90 Å². The van der Waals surface area contributed by atoms with Crippen LogP contribution in [0.3, 0.4) is 0 Å². The molecule has 0 unspecified atom stereocenters. The zero-order valence-corrected chi connectivity index (χ0v) is 15.7. The molecule has 0 saturated carbocycles. The number of fused-ring (bicyclic) bond motifs is 1. The van der Waals surface area contributed by atoms with Crippen LogP contribution in [0, 0.1) is 6.92 Å². The highest BCUT2D eigenvalue weighted by molar-refractivity contribution is 7.90. The second kappa shape index (κ2) is 6.92. The van der Waals surface area contributed by atoms with E-state index in [0.29, 0.717) is 5.56 Å². The summed E-state index contributed by atoms with van der Waals surface area (Å²) < 4.78 is 26.5. The topological polar surface area (TPSA) is 87.6 Å². The number of anilines is 1. The fraction of sp³-hybridized carbons (Fsp3) is 0.263. The lowest BCUT2D eigenvalue weighted by molar-refractivity contribution is -0.114. The Kier molecular flexibility index (Phi) is 4.82. The molecule has 0 fully saturated rings. The monoisotopic (exact) mass is 371 g/mol. The third-order valence-corrected chi connectivity index (χ3v) is 5.63. The highest BCUT2D eigenvalue weighted by atomic mass is 32.2. The summed E-state index contributed by atoms with van der Waals surface area (Å²) in [7, 11) is -3.60. The van der Waals surface area contributed by atoms with Crippen LogP contribution in [0.4, 0.5) is 5.69 Å². The minimum Gasteiger partial charge on any atom is -0.324 e. The number of sulfonamides is 1. The largest absolute Gasteiger partial charge is 0.324 e. The zero-order valence-electron chi connectivity index (χ0n) is 14.9. The fourth-order valence-corrected chi connectivity index (χ4v) is 4.17. The van der Waals surface area contributed by atoms with Crippen LogP contribution in [0.1, 0.15) is 36.5 Å². The van der Waals surface area contributed by atoms with Crippen molar-refractivity contribution in [2.24, 2.45) is 4.99 Å². The minimum absolute atomic E-state index is 0.169. The molecule has 2 aromatic carbocycles. The van der Waals surface area contributed by atoms with Crippen LogP contribution < -0.4 is 10.0 Å². The van der Waals surface area contributed by atoms with Gasteiger partial charge in [0.25, 0.3) is 10.0 Å². The van der Waals surface area contributed by atoms with E-state index in [1.54, 1.807) is 18.2 Å². The number of para-hydroxylation sites is 1. The lowest BCUT2D eigenvalue weighted by Gasteiger charge is -2.16. The van der Waals surface area contributed by atoms with Crippen LogP contribution in [0.15, 0.2) is 52.4 Å². The first-order valence-electron chi connectivity index (χ1n) is 8.35. The Bertz CT molecular complexity index is 995. The van der Waals surface area contributed by atoms with E-state index in [4.69, 9.17) is 0 Å². The number of aliphatic imine (C=N–C) groups is 1. The Labute approximate surface area is 153 Å². The second-order valence-electron chi connectivity index (χ2n) is 6.51. The summed E-state index contributed by atoms with van der Waals surface area (Å²) in [5.41, 5.74) is 3.31. The molecule has 1 aliphatic heterocycles. The number of nitrogens with zero attached hydrogens (tertiary/aromatic N) is 1. The van der Waals surface area contributed by atoms with E-state index >= 15 is 0 Å². The van der Waals surface area contributed by atoms with Gasteiger partial charge in [-0.2, -0.15) is 0 Å². The molecular formula is C19H21N3O3S. The smallest absolute Gasteiger partial charge is 0.263 e. The van der Waals surface area contributed by atoms with Gasteiger partial charge in [-0.15, -0.1) is 0 Å². The van der Waals surface area contributed by atoms with E-state index in [-0.39, 0.29) is 29.1 Å². The van der Waals surface area contributed by atoms with Crippen LogP contribution in [-0.2, 0) is 14.8 Å². The molecule has 1 heterocycles. The number of carbonyl (C=O) groups is 1. The number of amides is 1. The van der Waals surface area contributed by atoms with Gasteiger partial charge in [-0.3, -0.25) is 14.5 Å². The van der Waals surface area contributed by atoms with Gasteiger partial charge >= 0.3 is 0 Å². The van der Waals surface area contributed by atoms with Crippen LogP contribution >= 0.6 is 0 Å². The number of rotatable bonds is 4. The number of hydrogen-bond donors (Lipinski definition) is 2. The molecule has 1 amide bonds. The maximum Gasteiger partial charge on any atom is 0.263 e. The summed E-state index contributed by atoms with van der Waals surface area (Å²) in [6.07, 6.45) is 0. The Morgan fingerprint density at radius 1 is 1.15 bits per heavy atom. The van der Waals surface area contributed by atoms with Crippen LogP contribution in [-0.4, -0.2) is 26.7 Å². The highest BCUT2D eigenvalue weighted by Gasteiger charge is 2.30. The third kappa shape index (κ3) is 3.48. The van der Waals surface area contributed by atoms with Crippen molar-refractivity contribution in [3.8, 4) is 0 Å². The molecule has 1 aliphatic rings. The summed E-state index contributed by atoms with van der Waals surface area (Å²) in [4.78, 5) is 16.7. The van der Waals surface area contributed by atoms with Gasteiger partial charge in [0.15, 0.2) is 0 Å². The summed E-state index contributed by atoms with van der Waals surface area (Å²) >= 11 is 0. The summed E-state index contributed by atoms with van der Waals surface area (Å²) in [5, 5.41) is 2.91. The first-order chi connectivity index (χ1) is 12.3. The maximum atomic E-state index is 12.4. The van der Waals surface area contributed by atoms with Crippen LogP contribution in [0.2, 0.25) is 0 Å². The van der Waals surface area contributed by atoms with E-state index in [0.717, 1.165) is 16.8 Å². The van der Waals surface area contributed by atoms with E-state index in [1.807, 2.05) is 25.1 Å². The van der Waals surface area contributed by atoms with E-state index < -0.39 is 10.0 Å². The van der Waals surface area contributed by atoms with Crippen LogP contribution in [0.5, 0.6) is 0 Å². The molecule has 0 radical (unpaired) electrons. The molecule has 26 heavy (non-hydrogen) atoms. The van der Waals surface area contributed by atoms with Crippen molar-refractivity contribution in [3.05, 3.63) is 59.2 Å². The molecule has 0 aliphatic carbocycles. The molecule has 0 spiro atoms. The molecule has 6 nitrogen and oxygen atoms in total. The predicted molar refractivity (Wildman–Crippen MR) is 102 cm³/mol. The van der Waals surface area contributed by atoms with Gasteiger partial charge in [-0.25, -0.2) is 8.42 Å². The van der Waals surface area contributed by atoms with Gasteiger partial charge in [0, 0.05) is 11.3 Å². The Morgan fingerprint density at radius 2 is 1.88 bits per heavy atom. The van der Waals surface area contributed by atoms with Gasteiger partial charge in [0.1, 0.15) is 12.4 Å². The normalized spacial score (nSPS) is 16.4. The number of aryl methyl sites for hydroxylation is 1. The molecule has 2 aromatic rings. The SMILES string of the molecule is Cc1cccc(C(C)C)c1NC(=O)CN=C1NS(=O)(=O)c2ccccc21. The predicted octanol–water partition coefficient (Wildman–Crippen LogP) is 2.80. The molecular weight excluding hydrogens is 350 g/mol. The Morgan fingerprint density at radius 3 is 2.62 bits per heavy atom. The fourth-order valence-electron chi connectivity index (χ4n) is 2.92. The lowest BCUT2D eigenvalue weighted by Crippen LogP contribution is -2.24. The number of nitrogens with one attached hydrogen (secondary N) is 2. The molecule has 136 valence electrons. The van der Waals surface area contributed by atoms with Crippen molar-refractivity contribution >= 4 is 27.5 Å². The molecule has 7 heteroatoms. The number of carbonyl (C=O) groups excluding carboxylic acids is 1. The van der Waals surface area contributed by atoms with E-state index in [1.165, 1.54) is 6.07 Å². The van der Waals surface area contributed by atoms with E-state index in [9.17, 15) is 13.2 Å². The van der Waals surface area contributed by atoms with Gasteiger partial charge in [0.2, 0.25) is 5.91 Å². The molecule has 2 N–H and O–H groups in total. The Hall–Kier alpha value is -2.67. The van der Waals surface area contributed by atoms with E-state index in [2.05, 4.69) is 28.9 Å².